The van der Waals surface area contributed by atoms with Crippen molar-refractivity contribution < 1.29 is 28.8 Å². The van der Waals surface area contributed by atoms with Crippen LogP contribution >= 0.6 is 0 Å². The third-order valence-electron chi connectivity index (χ3n) is 13.7. The third-order valence-corrected chi connectivity index (χ3v) is 13.7. The molecule has 6 atom stereocenters. The normalized spacial score (nSPS) is 18.5. The number of nitrogens with zero attached hydrogens (tertiary/aromatic N) is 2. The Bertz CT molecular complexity index is 2460. The molecule has 0 saturated carbocycles. The number of carbonyl (C=O) groups excluding carboxylic acids is 6. The molecular weight excluding hydrogens is 857 g/mol. The van der Waals surface area contributed by atoms with E-state index < -0.39 is 59.9 Å². The predicted octanol–water partition coefficient (Wildman–Crippen LogP) is 3.71. The fourth-order valence-corrected chi connectivity index (χ4v) is 9.76. The number of hydrogen-bond donors (Lipinski definition) is 6. The zero-order valence-electron chi connectivity index (χ0n) is 38.9. The van der Waals surface area contributed by atoms with Crippen LogP contribution in [0.25, 0.3) is 22.3 Å². The minimum absolute atomic E-state index is 0.0941. The van der Waals surface area contributed by atoms with Gasteiger partial charge in [0, 0.05) is 25.9 Å². The fraction of sp³-hybridized carbons (Fsp3) is 0.370. The Labute approximate surface area is 397 Å². The molecule has 4 aromatic rings. The molecule has 4 aromatic carbocycles. The molecule has 2 saturated heterocycles. The van der Waals surface area contributed by atoms with E-state index in [2.05, 4.69) is 55.6 Å². The van der Waals surface area contributed by atoms with Crippen LogP contribution in [0.1, 0.15) is 86.7 Å². The third kappa shape index (κ3) is 9.75. The average Bonchev–Trinajstić information content (AvgIpc) is 4.18. The van der Waals surface area contributed by atoms with Crippen LogP contribution in [0.2, 0.25) is 0 Å². The molecule has 0 bridgehead atoms. The van der Waals surface area contributed by atoms with Crippen molar-refractivity contribution in [2.24, 2.45) is 0 Å². The van der Waals surface area contributed by atoms with Crippen LogP contribution in [-0.4, -0.2) is 109 Å². The lowest BCUT2D eigenvalue weighted by molar-refractivity contribution is -0.141. The number of carbonyl (C=O) groups is 6. The highest BCUT2D eigenvalue weighted by Crippen LogP contribution is 2.44. The van der Waals surface area contributed by atoms with Gasteiger partial charge in [-0.25, -0.2) is 0 Å². The summed E-state index contributed by atoms with van der Waals surface area (Å²) in [6.45, 7) is 4.03. The van der Waals surface area contributed by atoms with Crippen LogP contribution in [0.5, 0.6) is 0 Å². The second-order valence-electron chi connectivity index (χ2n) is 17.8. The molecule has 2 aliphatic carbocycles. The SMILES string of the molecule is CN[C@@H](C)C(=O)N[C@@H](CC#CC#CC[C@H](NC(=O)[C@H](C)NC)C(=O)N1CCC[C@H]1C(=O)NC1c2ccccc2-c2ccccc21)C(=O)N1CCC[C@H]1C(=O)NC1c2ccccc2-c2ccccc21. The molecule has 6 amide bonds. The molecular formula is C54H58N8O6. The van der Waals surface area contributed by atoms with Crippen LogP contribution in [0.4, 0.5) is 0 Å². The molecule has 0 aromatic heterocycles. The number of hydrogen-bond acceptors (Lipinski definition) is 8. The topological polar surface area (TPSA) is 181 Å². The summed E-state index contributed by atoms with van der Waals surface area (Å²) >= 11 is 0. The largest absolute Gasteiger partial charge is 0.343 e. The molecule has 4 aliphatic rings. The number of amides is 6. The average molecular weight is 915 g/mol. The molecule has 0 unspecified atom stereocenters. The van der Waals surface area contributed by atoms with Crippen molar-refractivity contribution >= 4 is 35.4 Å². The molecule has 2 heterocycles. The number of likely N-dealkylation sites (tertiary alicyclic amines) is 2. The number of nitrogens with one attached hydrogen (secondary N) is 6. The standard InChI is InChI=1S/C54H58N8O6/c1-33(55-3)49(63)57-43(53(67)61-31-17-29-45(61)51(65)59-47-39-23-13-9-19-35(39)36-20-10-14-24-40(36)47)27-7-5-6-8-28-44(58-50(64)34(2)56-4)54(68)62-32-18-30-46(62)52(66)60-48-41-25-15-11-21-37(41)38-22-12-16-26-42(38)48/h9-16,19-26,33-34,43-48,55-56H,17-18,27-32H2,1-4H3,(H,57,63)(H,58,64)(H,59,65)(H,60,66)/t33-,34-,43-,44-,45-,46-/m0/s1. The van der Waals surface area contributed by atoms with Crippen molar-refractivity contribution in [2.75, 3.05) is 27.2 Å². The van der Waals surface area contributed by atoms with Gasteiger partial charge in [-0.3, -0.25) is 28.8 Å². The van der Waals surface area contributed by atoms with Crippen molar-refractivity contribution in [3.8, 4) is 45.9 Å². The van der Waals surface area contributed by atoms with Crippen molar-refractivity contribution in [2.45, 2.75) is 101 Å². The summed E-state index contributed by atoms with van der Waals surface area (Å²) in [5.74, 6) is 9.18. The molecule has 2 fully saturated rings. The molecule has 2 aliphatic heterocycles. The van der Waals surface area contributed by atoms with E-state index >= 15 is 0 Å². The van der Waals surface area contributed by atoms with E-state index in [9.17, 15) is 28.8 Å². The Morgan fingerprint density at radius 1 is 0.529 bits per heavy atom. The first-order chi connectivity index (χ1) is 33.0. The summed E-state index contributed by atoms with van der Waals surface area (Å²) < 4.78 is 0. The van der Waals surface area contributed by atoms with Crippen molar-refractivity contribution in [3.63, 3.8) is 0 Å². The smallest absolute Gasteiger partial charge is 0.246 e. The molecule has 14 nitrogen and oxygen atoms in total. The monoisotopic (exact) mass is 914 g/mol. The van der Waals surface area contributed by atoms with Gasteiger partial charge in [0.15, 0.2) is 0 Å². The summed E-state index contributed by atoms with van der Waals surface area (Å²) in [4.78, 5) is 86.1. The van der Waals surface area contributed by atoms with Gasteiger partial charge in [0.05, 0.1) is 24.2 Å². The molecule has 68 heavy (non-hydrogen) atoms. The first-order valence-corrected chi connectivity index (χ1v) is 23.5. The van der Waals surface area contributed by atoms with E-state index in [0.29, 0.717) is 38.8 Å². The van der Waals surface area contributed by atoms with E-state index in [-0.39, 0.29) is 36.7 Å². The summed E-state index contributed by atoms with van der Waals surface area (Å²) in [5.41, 5.74) is 8.21. The maximum absolute atomic E-state index is 14.3. The quantitative estimate of drug-likeness (QED) is 0.104. The molecule has 350 valence electrons. The maximum Gasteiger partial charge on any atom is 0.246 e. The minimum atomic E-state index is -1.07. The number of benzene rings is 4. The van der Waals surface area contributed by atoms with Crippen LogP contribution in [0, 0.1) is 23.7 Å². The van der Waals surface area contributed by atoms with Gasteiger partial charge in [0.25, 0.3) is 0 Å². The van der Waals surface area contributed by atoms with Crippen molar-refractivity contribution in [1.82, 2.24) is 41.7 Å². The Morgan fingerprint density at radius 3 is 1.18 bits per heavy atom. The van der Waals surface area contributed by atoms with Crippen LogP contribution in [-0.2, 0) is 28.8 Å². The van der Waals surface area contributed by atoms with Crippen LogP contribution in [0.3, 0.4) is 0 Å². The number of likely N-dealkylation sites (N-methyl/N-ethyl adjacent to an activating group) is 2. The van der Waals surface area contributed by atoms with Crippen LogP contribution < -0.4 is 31.9 Å². The Morgan fingerprint density at radius 2 is 0.853 bits per heavy atom. The first-order valence-electron chi connectivity index (χ1n) is 23.5. The van der Waals surface area contributed by atoms with Gasteiger partial charge in [-0.2, -0.15) is 0 Å². The van der Waals surface area contributed by atoms with Gasteiger partial charge in [-0.15, -0.1) is 0 Å². The second kappa shape index (κ2) is 21.1. The van der Waals surface area contributed by atoms with E-state index in [1.165, 1.54) is 9.80 Å². The van der Waals surface area contributed by atoms with Gasteiger partial charge in [-0.1, -0.05) is 109 Å². The summed E-state index contributed by atoms with van der Waals surface area (Å²) in [6, 6.07) is 26.3. The van der Waals surface area contributed by atoms with E-state index in [1.807, 2.05) is 97.1 Å². The van der Waals surface area contributed by atoms with Gasteiger partial charge in [-0.05, 0) is 110 Å². The molecule has 8 rings (SSSR count). The number of fused-ring (bicyclic) bond motifs is 6. The summed E-state index contributed by atoms with van der Waals surface area (Å²) in [7, 11) is 3.29. The van der Waals surface area contributed by atoms with E-state index in [4.69, 9.17) is 0 Å². The zero-order valence-corrected chi connectivity index (χ0v) is 38.9. The zero-order chi connectivity index (χ0) is 47.9. The highest BCUT2D eigenvalue weighted by molar-refractivity contribution is 5.96. The Balaban J connectivity index is 0.948. The van der Waals surface area contributed by atoms with E-state index in [1.54, 1.807) is 27.9 Å². The lowest BCUT2D eigenvalue weighted by Crippen LogP contribution is -2.55. The van der Waals surface area contributed by atoms with Gasteiger partial charge in [0.2, 0.25) is 35.4 Å². The molecule has 6 N–H and O–H groups in total. The van der Waals surface area contributed by atoms with Crippen LogP contribution in [0.15, 0.2) is 97.1 Å². The van der Waals surface area contributed by atoms with Gasteiger partial charge < -0.3 is 41.7 Å². The van der Waals surface area contributed by atoms with Crippen molar-refractivity contribution in [3.05, 3.63) is 119 Å². The van der Waals surface area contributed by atoms with Crippen molar-refractivity contribution in [1.29, 1.82) is 0 Å². The molecule has 0 spiro atoms. The summed E-state index contributed by atoms with van der Waals surface area (Å²) in [6.07, 6.45) is 1.97. The summed E-state index contributed by atoms with van der Waals surface area (Å²) in [5, 5.41) is 17.9. The first kappa shape index (κ1) is 47.2. The fourth-order valence-electron chi connectivity index (χ4n) is 9.76. The predicted molar refractivity (Wildman–Crippen MR) is 259 cm³/mol. The van der Waals surface area contributed by atoms with E-state index in [0.717, 1.165) is 44.5 Å². The highest BCUT2D eigenvalue weighted by Gasteiger charge is 2.42. The highest BCUT2D eigenvalue weighted by atomic mass is 16.2. The Kier molecular flexibility index (Phi) is 14.7. The molecule has 0 radical (unpaired) electrons. The van der Waals surface area contributed by atoms with Gasteiger partial charge in [0.1, 0.15) is 24.2 Å². The maximum atomic E-state index is 14.3. The minimum Gasteiger partial charge on any atom is -0.343 e. The second-order valence-corrected chi connectivity index (χ2v) is 17.8. The van der Waals surface area contributed by atoms with Gasteiger partial charge >= 0.3 is 0 Å². The Hall–Kier alpha value is -7.26. The number of rotatable bonds is 14. The lowest BCUT2D eigenvalue weighted by Gasteiger charge is -2.29. The molecule has 14 heteroatoms. The lowest BCUT2D eigenvalue weighted by atomic mass is 10.0.